The molecule has 1 atom stereocenters. The molecular weight excluding hydrogens is 378 g/mol. The van der Waals surface area contributed by atoms with E-state index in [2.05, 4.69) is 44.6 Å². The maximum Gasteiger partial charge on any atom is 0.191 e. The molecule has 2 heterocycles. The van der Waals surface area contributed by atoms with Gasteiger partial charge in [-0.25, -0.2) is 0 Å². The number of hydrogen-bond acceptors (Lipinski definition) is 5. The molecule has 2 aliphatic heterocycles. The first kappa shape index (κ1) is 22.7. The highest BCUT2D eigenvalue weighted by molar-refractivity contribution is 5.80. The number of hydrogen-bond donors (Lipinski definition) is 2. The molecule has 30 heavy (non-hydrogen) atoms. The first-order valence-corrected chi connectivity index (χ1v) is 11.2. The van der Waals surface area contributed by atoms with Gasteiger partial charge < -0.3 is 25.0 Å². The number of nitrogens with zero attached hydrogens (tertiary/aromatic N) is 3. The van der Waals surface area contributed by atoms with Crippen molar-refractivity contribution in [1.29, 1.82) is 0 Å². The van der Waals surface area contributed by atoms with Crippen LogP contribution in [0.5, 0.6) is 11.5 Å². The number of likely N-dealkylation sites (tertiary alicyclic amines) is 2. The monoisotopic (exact) mass is 417 g/mol. The van der Waals surface area contributed by atoms with Crippen molar-refractivity contribution in [3.63, 3.8) is 0 Å². The van der Waals surface area contributed by atoms with E-state index in [1.807, 2.05) is 13.1 Å². The molecule has 2 N–H and O–H groups in total. The molecule has 0 amide bonds. The Hall–Kier alpha value is -1.99. The van der Waals surface area contributed by atoms with Crippen LogP contribution in [0.1, 0.15) is 31.2 Å². The Bertz CT molecular complexity index is 666. The average molecular weight is 418 g/mol. The normalized spacial score (nSPS) is 21.6. The first-order chi connectivity index (χ1) is 14.6. The van der Waals surface area contributed by atoms with Gasteiger partial charge in [0.15, 0.2) is 5.96 Å². The van der Waals surface area contributed by atoms with Crippen molar-refractivity contribution < 1.29 is 9.47 Å². The Balaban J connectivity index is 1.41. The summed E-state index contributed by atoms with van der Waals surface area (Å²) in [7, 11) is 7.47. The summed E-state index contributed by atoms with van der Waals surface area (Å²) in [4.78, 5) is 9.33. The minimum Gasteiger partial charge on any atom is -0.497 e. The number of aliphatic imine (C=N–C) groups is 1. The quantitative estimate of drug-likeness (QED) is 0.499. The van der Waals surface area contributed by atoms with Crippen LogP contribution in [0.4, 0.5) is 0 Å². The third-order valence-electron chi connectivity index (χ3n) is 6.34. The van der Waals surface area contributed by atoms with Gasteiger partial charge in [0.2, 0.25) is 0 Å². The lowest BCUT2D eigenvalue weighted by Crippen LogP contribution is -2.45. The van der Waals surface area contributed by atoms with E-state index in [4.69, 9.17) is 9.47 Å². The van der Waals surface area contributed by atoms with Crippen molar-refractivity contribution in [2.24, 2.45) is 10.9 Å². The van der Waals surface area contributed by atoms with Gasteiger partial charge >= 0.3 is 0 Å². The van der Waals surface area contributed by atoms with Gasteiger partial charge in [-0.2, -0.15) is 0 Å². The fourth-order valence-corrected chi connectivity index (χ4v) is 4.44. The van der Waals surface area contributed by atoms with E-state index in [0.717, 1.165) is 56.0 Å². The largest absolute Gasteiger partial charge is 0.497 e. The van der Waals surface area contributed by atoms with E-state index in [1.165, 1.54) is 37.9 Å². The Morgan fingerprint density at radius 1 is 1.07 bits per heavy atom. The van der Waals surface area contributed by atoms with Gasteiger partial charge in [-0.05, 0) is 69.4 Å². The van der Waals surface area contributed by atoms with E-state index in [-0.39, 0.29) is 0 Å². The molecule has 2 fully saturated rings. The summed E-state index contributed by atoms with van der Waals surface area (Å²) >= 11 is 0. The molecule has 1 aromatic carbocycles. The molecule has 2 aliphatic rings. The summed E-state index contributed by atoms with van der Waals surface area (Å²) in [5.74, 6) is 3.45. The zero-order valence-corrected chi connectivity index (χ0v) is 19.1. The van der Waals surface area contributed by atoms with Crippen molar-refractivity contribution in [3.8, 4) is 11.5 Å². The number of ether oxygens (including phenoxy) is 2. The first-order valence-electron chi connectivity index (χ1n) is 11.2. The Kier molecular flexibility index (Phi) is 8.63. The molecule has 0 saturated carbocycles. The van der Waals surface area contributed by atoms with Gasteiger partial charge in [0.05, 0.1) is 14.2 Å². The highest BCUT2D eigenvalue weighted by Crippen LogP contribution is 2.24. The van der Waals surface area contributed by atoms with Crippen LogP contribution in [-0.2, 0) is 6.54 Å². The highest BCUT2D eigenvalue weighted by atomic mass is 16.5. The molecule has 7 nitrogen and oxygen atoms in total. The molecule has 0 radical (unpaired) electrons. The van der Waals surface area contributed by atoms with Crippen LogP contribution in [0.25, 0.3) is 0 Å². The number of guanidine groups is 1. The van der Waals surface area contributed by atoms with E-state index in [0.29, 0.717) is 6.04 Å². The fourth-order valence-electron chi connectivity index (χ4n) is 4.44. The minimum absolute atomic E-state index is 0.423. The number of methoxy groups -OCH3 is 2. The maximum atomic E-state index is 5.40. The molecule has 0 bridgehead atoms. The molecule has 0 spiro atoms. The molecule has 2 saturated heterocycles. The lowest BCUT2D eigenvalue weighted by atomic mass is 9.94. The highest BCUT2D eigenvalue weighted by Gasteiger charge is 2.24. The van der Waals surface area contributed by atoms with Crippen molar-refractivity contribution >= 4 is 5.96 Å². The second-order valence-electron chi connectivity index (χ2n) is 8.62. The average Bonchev–Trinajstić information content (AvgIpc) is 3.20. The van der Waals surface area contributed by atoms with Crippen LogP contribution in [0.3, 0.4) is 0 Å². The smallest absolute Gasteiger partial charge is 0.191 e. The maximum absolute atomic E-state index is 5.40. The zero-order chi connectivity index (χ0) is 21.3. The summed E-state index contributed by atoms with van der Waals surface area (Å²) < 4.78 is 10.8. The topological polar surface area (TPSA) is 61.4 Å². The third-order valence-corrected chi connectivity index (χ3v) is 6.34. The van der Waals surface area contributed by atoms with Crippen LogP contribution >= 0.6 is 0 Å². The van der Waals surface area contributed by atoms with Crippen LogP contribution in [0, 0.1) is 5.92 Å². The van der Waals surface area contributed by atoms with Gasteiger partial charge in [0.25, 0.3) is 0 Å². The molecule has 0 aliphatic carbocycles. The minimum atomic E-state index is 0.423. The van der Waals surface area contributed by atoms with Gasteiger partial charge in [0.1, 0.15) is 11.5 Å². The fraction of sp³-hybridized carbons (Fsp3) is 0.696. The third kappa shape index (κ3) is 6.77. The molecule has 1 unspecified atom stereocenters. The van der Waals surface area contributed by atoms with Gasteiger partial charge in [0, 0.05) is 45.3 Å². The lowest BCUT2D eigenvalue weighted by Gasteiger charge is -2.29. The second kappa shape index (κ2) is 11.4. The molecule has 0 aromatic heterocycles. The van der Waals surface area contributed by atoms with Crippen LogP contribution in [0.2, 0.25) is 0 Å². The van der Waals surface area contributed by atoms with E-state index in [9.17, 15) is 0 Å². The predicted octanol–water partition coefficient (Wildman–Crippen LogP) is 2.18. The van der Waals surface area contributed by atoms with Crippen LogP contribution in [0.15, 0.2) is 23.2 Å². The molecule has 3 rings (SSSR count). The summed E-state index contributed by atoms with van der Waals surface area (Å²) in [6.45, 7) is 6.43. The Morgan fingerprint density at radius 2 is 1.77 bits per heavy atom. The second-order valence-corrected chi connectivity index (χ2v) is 8.62. The van der Waals surface area contributed by atoms with Crippen molar-refractivity contribution in [1.82, 2.24) is 20.4 Å². The van der Waals surface area contributed by atoms with Crippen molar-refractivity contribution in [2.45, 2.75) is 38.3 Å². The molecule has 1 aromatic rings. The molecule has 168 valence electrons. The van der Waals surface area contributed by atoms with Crippen molar-refractivity contribution in [3.05, 3.63) is 23.8 Å². The van der Waals surface area contributed by atoms with Crippen LogP contribution < -0.4 is 20.1 Å². The number of nitrogens with one attached hydrogen (secondary N) is 2. The summed E-state index contributed by atoms with van der Waals surface area (Å²) in [6, 6.07) is 6.52. The number of benzene rings is 1. The van der Waals surface area contributed by atoms with Gasteiger partial charge in [-0.15, -0.1) is 0 Å². The predicted molar refractivity (Wildman–Crippen MR) is 123 cm³/mol. The van der Waals surface area contributed by atoms with E-state index < -0.39 is 0 Å². The van der Waals surface area contributed by atoms with Gasteiger partial charge in [-0.1, -0.05) is 0 Å². The Morgan fingerprint density at radius 3 is 2.40 bits per heavy atom. The molecular formula is C23H39N5O2. The van der Waals surface area contributed by atoms with Gasteiger partial charge in [-0.3, -0.25) is 9.89 Å². The van der Waals surface area contributed by atoms with E-state index in [1.54, 1.807) is 14.2 Å². The Labute approximate surface area is 181 Å². The van der Waals surface area contributed by atoms with E-state index >= 15 is 0 Å². The SMILES string of the molecule is CN=C(NCCC1CCN(C)CC1)NC1CCN(Cc2cc(OC)cc(OC)c2)C1. The standard InChI is InChI=1S/C23H39N5O2/c1-24-23(25-9-5-18-6-10-27(2)11-7-18)26-20-8-12-28(17-20)16-19-13-21(29-3)15-22(14-19)30-4/h13-15,18,20H,5-12,16-17H2,1-4H3,(H2,24,25,26). The molecule has 7 heteroatoms. The summed E-state index contributed by atoms with van der Waals surface area (Å²) in [5, 5.41) is 7.13. The number of rotatable bonds is 8. The number of piperidine rings is 1. The zero-order valence-electron chi connectivity index (χ0n) is 19.1. The summed E-state index contributed by atoms with van der Waals surface area (Å²) in [6.07, 6.45) is 4.98. The lowest BCUT2D eigenvalue weighted by molar-refractivity contribution is 0.213. The van der Waals surface area contributed by atoms with Crippen molar-refractivity contribution in [2.75, 3.05) is 61.0 Å². The summed E-state index contributed by atoms with van der Waals surface area (Å²) in [5.41, 5.74) is 1.22. The van der Waals surface area contributed by atoms with Crippen LogP contribution in [-0.4, -0.2) is 82.8 Å².